The van der Waals surface area contributed by atoms with Gasteiger partial charge in [0.05, 0.1) is 5.41 Å². The summed E-state index contributed by atoms with van der Waals surface area (Å²) in [4.78, 5) is 11.9. The number of carbonyl (C=O) groups is 1. The minimum absolute atomic E-state index is 0.168. The van der Waals surface area contributed by atoms with Gasteiger partial charge in [0.15, 0.2) is 0 Å². The van der Waals surface area contributed by atoms with E-state index in [-0.39, 0.29) is 11.3 Å². The van der Waals surface area contributed by atoms with Crippen molar-refractivity contribution in [1.29, 1.82) is 0 Å². The zero-order valence-electron chi connectivity index (χ0n) is 11.0. The maximum atomic E-state index is 11.9. The van der Waals surface area contributed by atoms with E-state index in [1.165, 1.54) is 0 Å². The Morgan fingerprint density at radius 1 is 1.25 bits per heavy atom. The second kappa shape index (κ2) is 5.17. The maximum Gasteiger partial charge on any atom is 0.227 e. The molecule has 1 saturated carbocycles. The molecule has 3 N–H and O–H groups in total. The first kappa shape index (κ1) is 13.5. The van der Waals surface area contributed by atoms with Gasteiger partial charge in [0.2, 0.25) is 5.91 Å². The predicted octanol–water partition coefficient (Wildman–Crippen LogP) is 1.77. The predicted molar refractivity (Wildman–Crippen MR) is 66.9 cm³/mol. The molecule has 1 rings (SSSR count). The largest absolute Gasteiger partial charge is 0.355 e. The highest BCUT2D eigenvalue weighted by molar-refractivity contribution is 5.85. The summed E-state index contributed by atoms with van der Waals surface area (Å²) in [6.45, 7) is 10.1. The Balaban J connectivity index is 2.41. The molecule has 0 unspecified atom stereocenters. The van der Waals surface area contributed by atoms with Crippen LogP contribution >= 0.6 is 0 Å². The molecule has 0 spiro atoms. The molecule has 16 heavy (non-hydrogen) atoms. The molecule has 0 aliphatic heterocycles. The lowest BCUT2D eigenvalue weighted by Crippen LogP contribution is -2.40. The lowest BCUT2D eigenvalue weighted by Gasteiger charge is -2.26. The van der Waals surface area contributed by atoms with Gasteiger partial charge >= 0.3 is 0 Å². The molecule has 0 aromatic heterocycles. The van der Waals surface area contributed by atoms with Crippen molar-refractivity contribution in [3.63, 3.8) is 0 Å². The van der Waals surface area contributed by atoms with Crippen LogP contribution in [0.3, 0.4) is 0 Å². The maximum absolute atomic E-state index is 11.9. The summed E-state index contributed by atoms with van der Waals surface area (Å²) in [5.41, 5.74) is 5.43. The lowest BCUT2D eigenvalue weighted by molar-refractivity contribution is -0.126. The third-order valence-corrected chi connectivity index (χ3v) is 3.94. The van der Waals surface area contributed by atoms with E-state index in [0.29, 0.717) is 24.3 Å². The number of amides is 1. The topological polar surface area (TPSA) is 55.1 Å². The van der Waals surface area contributed by atoms with E-state index in [4.69, 9.17) is 5.73 Å². The number of hydrogen-bond acceptors (Lipinski definition) is 2. The minimum atomic E-state index is -0.210. The van der Waals surface area contributed by atoms with Crippen molar-refractivity contribution >= 4 is 5.91 Å². The molecule has 0 radical (unpaired) electrons. The van der Waals surface area contributed by atoms with Crippen LogP contribution in [-0.2, 0) is 4.79 Å². The molecular weight excluding hydrogens is 200 g/mol. The fraction of sp³-hybridized carbons (Fsp3) is 0.923. The van der Waals surface area contributed by atoms with Gasteiger partial charge in [0.25, 0.3) is 0 Å². The Kier molecular flexibility index (Phi) is 4.36. The molecule has 0 aromatic rings. The smallest absolute Gasteiger partial charge is 0.227 e. The first-order chi connectivity index (χ1) is 7.43. The van der Waals surface area contributed by atoms with Crippen LogP contribution in [0, 0.1) is 23.2 Å². The Morgan fingerprint density at radius 3 is 2.06 bits per heavy atom. The molecular formula is C13H26N2O. The van der Waals surface area contributed by atoms with Gasteiger partial charge < -0.3 is 11.1 Å². The summed E-state index contributed by atoms with van der Waals surface area (Å²) in [7, 11) is 0. The number of rotatable bonds is 6. The highest BCUT2D eigenvalue weighted by Crippen LogP contribution is 2.44. The van der Waals surface area contributed by atoms with Crippen molar-refractivity contribution in [2.75, 3.05) is 13.1 Å². The summed E-state index contributed by atoms with van der Waals surface area (Å²) in [6, 6.07) is 0. The number of hydrogen-bond donors (Lipinski definition) is 2. The summed E-state index contributed by atoms with van der Waals surface area (Å²) < 4.78 is 0. The van der Waals surface area contributed by atoms with E-state index in [9.17, 15) is 4.79 Å². The molecule has 3 nitrogen and oxygen atoms in total. The van der Waals surface area contributed by atoms with E-state index in [1.807, 2.05) is 0 Å². The Hall–Kier alpha value is -0.570. The summed E-state index contributed by atoms with van der Waals surface area (Å²) >= 11 is 0. The highest BCUT2D eigenvalue weighted by atomic mass is 16.2. The lowest BCUT2D eigenvalue weighted by atomic mass is 9.85. The van der Waals surface area contributed by atoms with Crippen LogP contribution in [0.1, 0.15) is 40.5 Å². The molecule has 0 heterocycles. The van der Waals surface area contributed by atoms with Gasteiger partial charge in [-0.3, -0.25) is 4.79 Å². The Morgan fingerprint density at radius 2 is 1.75 bits per heavy atom. The molecule has 1 aliphatic carbocycles. The molecule has 0 atom stereocenters. The molecule has 0 saturated heterocycles. The Bertz CT molecular complexity index is 236. The summed E-state index contributed by atoms with van der Waals surface area (Å²) in [5.74, 6) is 1.93. The van der Waals surface area contributed by atoms with Gasteiger partial charge in [-0.2, -0.15) is 0 Å². The first-order valence-corrected chi connectivity index (χ1v) is 6.41. The van der Waals surface area contributed by atoms with Crippen LogP contribution in [-0.4, -0.2) is 19.0 Å². The molecule has 3 heteroatoms. The van der Waals surface area contributed by atoms with E-state index in [2.05, 4.69) is 33.0 Å². The van der Waals surface area contributed by atoms with Gasteiger partial charge in [0, 0.05) is 13.1 Å². The molecule has 1 aliphatic rings. The second-order valence-corrected chi connectivity index (χ2v) is 5.85. The number of carbonyl (C=O) groups excluding carboxylic acids is 1. The quantitative estimate of drug-likeness (QED) is 0.725. The van der Waals surface area contributed by atoms with E-state index in [1.54, 1.807) is 0 Å². The van der Waals surface area contributed by atoms with E-state index < -0.39 is 0 Å². The summed E-state index contributed by atoms with van der Waals surface area (Å²) in [6.07, 6.45) is 1.92. The standard InChI is InChI=1S/C13H26N2O/c1-9(2)11(10(3)4)7-15-12(16)13(8-14)5-6-13/h9-11H,5-8,14H2,1-4H3,(H,15,16). The molecule has 94 valence electrons. The van der Waals surface area contributed by atoms with Crippen molar-refractivity contribution < 1.29 is 4.79 Å². The van der Waals surface area contributed by atoms with Crippen LogP contribution in [0.2, 0.25) is 0 Å². The van der Waals surface area contributed by atoms with Crippen LogP contribution < -0.4 is 11.1 Å². The third-order valence-electron chi connectivity index (χ3n) is 3.94. The molecule has 0 bridgehead atoms. The van der Waals surface area contributed by atoms with Gasteiger partial charge in [-0.1, -0.05) is 27.7 Å². The fourth-order valence-corrected chi connectivity index (χ4v) is 2.31. The normalized spacial score (nSPS) is 18.2. The molecule has 1 amide bonds. The molecule has 0 aromatic carbocycles. The van der Waals surface area contributed by atoms with Crippen molar-refractivity contribution in [3.05, 3.63) is 0 Å². The van der Waals surface area contributed by atoms with Crippen LogP contribution in [0.25, 0.3) is 0 Å². The molecule has 1 fully saturated rings. The number of nitrogens with two attached hydrogens (primary N) is 1. The first-order valence-electron chi connectivity index (χ1n) is 6.41. The Labute approximate surface area is 99.2 Å². The van der Waals surface area contributed by atoms with Crippen LogP contribution in [0.4, 0.5) is 0 Å². The van der Waals surface area contributed by atoms with Gasteiger partial charge in [-0.05, 0) is 30.6 Å². The third kappa shape index (κ3) is 2.97. The van der Waals surface area contributed by atoms with Crippen molar-refractivity contribution in [2.24, 2.45) is 28.9 Å². The highest BCUT2D eigenvalue weighted by Gasteiger charge is 2.48. The monoisotopic (exact) mass is 226 g/mol. The average Bonchev–Trinajstić information content (AvgIpc) is 2.97. The van der Waals surface area contributed by atoms with Crippen molar-refractivity contribution in [1.82, 2.24) is 5.32 Å². The SMILES string of the molecule is CC(C)C(CNC(=O)C1(CN)CC1)C(C)C. The second-order valence-electron chi connectivity index (χ2n) is 5.85. The fourth-order valence-electron chi connectivity index (χ4n) is 2.31. The van der Waals surface area contributed by atoms with Gasteiger partial charge in [0.1, 0.15) is 0 Å². The van der Waals surface area contributed by atoms with Crippen molar-refractivity contribution in [3.8, 4) is 0 Å². The van der Waals surface area contributed by atoms with E-state index >= 15 is 0 Å². The number of nitrogens with one attached hydrogen (secondary N) is 1. The van der Waals surface area contributed by atoms with Gasteiger partial charge in [-0.25, -0.2) is 0 Å². The minimum Gasteiger partial charge on any atom is -0.355 e. The zero-order chi connectivity index (χ0) is 12.3. The van der Waals surface area contributed by atoms with E-state index in [0.717, 1.165) is 19.4 Å². The van der Waals surface area contributed by atoms with Gasteiger partial charge in [-0.15, -0.1) is 0 Å². The van der Waals surface area contributed by atoms with Crippen molar-refractivity contribution in [2.45, 2.75) is 40.5 Å². The van der Waals surface area contributed by atoms with Crippen LogP contribution in [0.15, 0.2) is 0 Å². The summed E-state index contributed by atoms with van der Waals surface area (Å²) in [5, 5.41) is 3.08. The zero-order valence-corrected chi connectivity index (χ0v) is 11.0. The average molecular weight is 226 g/mol. The van der Waals surface area contributed by atoms with Crippen LogP contribution in [0.5, 0.6) is 0 Å².